The number of anilines is 1. The van der Waals surface area contributed by atoms with Crippen LogP contribution in [0.5, 0.6) is 0 Å². The van der Waals surface area contributed by atoms with Crippen molar-refractivity contribution in [3.05, 3.63) is 70.6 Å². The number of rotatable bonds is 7. The molecule has 2 N–H and O–H groups in total. The Hall–Kier alpha value is -3.61. The Bertz CT molecular complexity index is 1520. The van der Waals surface area contributed by atoms with Crippen LogP contribution in [0.4, 0.5) is 5.69 Å². The Morgan fingerprint density at radius 1 is 1.24 bits per heavy atom. The first-order valence-electron chi connectivity index (χ1n) is 15.1. The van der Waals surface area contributed by atoms with E-state index in [2.05, 4.69) is 53.3 Å². The fraction of sp³-hybridized carbons (Fsp3) is 0.545. The highest BCUT2D eigenvalue weighted by Crippen LogP contribution is 2.53. The number of nitriles is 1. The molecule has 2 aliphatic carbocycles. The molecule has 3 heterocycles. The maximum absolute atomic E-state index is 13.7. The lowest BCUT2D eigenvalue weighted by atomic mass is 9.57. The van der Waals surface area contributed by atoms with Crippen molar-refractivity contribution >= 4 is 11.6 Å². The maximum atomic E-state index is 13.7. The topological polar surface area (TPSA) is 120 Å². The normalized spacial score (nSPS) is 26.7. The number of pyridine rings is 1. The molecule has 1 saturated carbocycles. The van der Waals surface area contributed by atoms with E-state index in [1.165, 1.54) is 5.56 Å². The van der Waals surface area contributed by atoms with Gasteiger partial charge in [-0.3, -0.25) is 9.69 Å². The van der Waals surface area contributed by atoms with Crippen molar-refractivity contribution in [2.24, 2.45) is 18.9 Å². The van der Waals surface area contributed by atoms with Crippen molar-refractivity contribution in [2.75, 3.05) is 18.4 Å². The summed E-state index contributed by atoms with van der Waals surface area (Å²) < 4.78 is 1.95. The van der Waals surface area contributed by atoms with Crippen LogP contribution < -0.4 is 5.32 Å². The number of likely N-dealkylation sites (tertiary alicyclic amines) is 1. The Morgan fingerprint density at radius 3 is 2.76 bits per heavy atom. The molecule has 3 aliphatic rings. The number of hydrogen-bond donors (Lipinski definition) is 2. The summed E-state index contributed by atoms with van der Waals surface area (Å²) in [6, 6.07) is 12.3. The average Bonchev–Trinajstić information content (AvgIpc) is 3.48. The highest BCUT2D eigenvalue weighted by Gasteiger charge is 2.49. The van der Waals surface area contributed by atoms with Crippen molar-refractivity contribution in [3.8, 4) is 6.07 Å². The largest absolute Gasteiger partial charge is 0.392 e. The van der Waals surface area contributed by atoms with Gasteiger partial charge in [-0.2, -0.15) is 5.26 Å². The number of nitrogens with one attached hydrogen (secondary N) is 1. The van der Waals surface area contributed by atoms with Gasteiger partial charge in [0.15, 0.2) is 0 Å². The van der Waals surface area contributed by atoms with Crippen LogP contribution in [0.25, 0.3) is 0 Å². The minimum Gasteiger partial charge on any atom is -0.392 e. The third kappa shape index (κ3) is 5.23. The zero-order chi connectivity index (χ0) is 29.6. The number of aliphatic hydroxyl groups is 1. The average molecular weight is 568 g/mol. The Labute approximate surface area is 248 Å². The molecule has 6 rings (SSSR count). The summed E-state index contributed by atoms with van der Waals surface area (Å²) in [6.45, 7) is 8.90. The van der Waals surface area contributed by atoms with E-state index in [1.807, 2.05) is 35.9 Å². The first-order valence-corrected chi connectivity index (χ1v) is 15.1. The molecule has 2 atom stereocenters. The fourth-order valence-corrected chi connectivity index (χ4v) is 7.63. The first-order chi connectivity index (χ1) is 20.1. The van der Waals surface area contributed by atoms with E-state index in [4.69, 9.17) is 4.98 Å². The predicted octanol–water partition coefficient (Wildman–Crippen LogP) is 4.50. The summed E-state index contributed by atoms with van der Waals surface area (Å²) in [7, 11) is 1.95. The maximum Gasteiger partial charge on any atom is 0.274 e. The lowest BCUT2D eigenvalue weighted by Crippen LogP contribution is -2.44. The molecule has 1 aromatic carbocycles. The van der Waals surface area contributed by atoms with Crippen molar-refractivity contribution < 1.29 is 9.90 Å². The number of aliphatic hydroxyl groups excluding tert-OH is 1. The van der Waals surface area contributed by atoms with Gasteiger partial charge in [0.05, 0.1) is 23.3 Å². The van der Waals surface area contributed by atoms with Crippen molar-refractivity contribution in [3.63, 3.8) is 0 Å². The zero-order valence-electron chi connectivity index (χ0n) is 25.1. The third-order valence-electron chi connectivity index (χ3n) is 9.66. The highest BCUT2D eigenvalue weighted by atomic mass is 16.3. The number of carbonyl (C=O) groups is 1. The Balaban J connectivity index is 1.28. The second-order valence-electron chi connectivity index (χ2n) is 13.6. The van der Waals surface area contributed by atoms with Gasteiger partial charge in [0.25, 0.3) is 5.91 Å². The number of piperidine rings is 1. The number of benzene rings is 1. The number of hydrogen-bond acceptors (Lipinski definition) is 7. The molecule has 42 heavy (non-hydrogen) atoms. The molecule has 0 bridgehead atoms. The van der Waals surface area contributed by atoms with Crippen LogP contribution in [0.15, 0.2) is 36.7 Å². The van der Waals surface area contributed by atoms with Crippen LogP contribution in [0.3, 0.4) is 0 Å². The van der Waals surface area contributed by atoms with Crippen LogP contribution in [0.1, 0.15) is 91.6 Å². The highest BCUT2D eigenvalue weighted by molar-refractivity contribution is 6.03. The van der Waals surface area contributed by atoms with E-state index < -0.39 is 0 Å². The van der Waals surface area contributed by atoms with Crippen molar-refractivity contribution in [2.45, 2.75) is 82.8 Å². The van der Waals surface area contributed by atoms with Crippen molar-refractivity contribution in [1.82, 2.24) is 24.6 Å². The van der Waals surface area contributed by atoms with Crippen LogP contribution in [0, 0.1) is 23.2 Å². The monoisotopic (exact) mass is 567 g/mol. The number of aromatic nitrogens is 4. The van der Waals surface area contributed by atoms with E-state index in [0.717, 1.165) is 61.3 Å². The number of aryl methyl sites for hydroxylation is 1. The van der Waals surface area contributed by atoms with Crippen LogP contribution in [0.2, 0.25) is 0 Å². The molecule has 3 aromatic rings. The second-order valence-corrected chi connectivity index (χ2v) is 13.6. The van der Waals surface area contributed by atoms with Crippen molar-refractivity contribution in [1.29, 1.82) is 5.26 Å². The van der Waals surface area contributed by atoms with E-state index in [-0.39, 0.29) is 22.8 Å². The molecule has 9 nitrogen and oxygen atoms in total. The molecule has 9 heteroatoms. The third-order valence-corrected chi connectivity index (χ3v) is 9.66. The number of nitrogens with zero attached hydrogens (tertiary/aromatic N) is 6. The summed E-state index contributed by atoms with van der Waals surface area (Å²) >= 11 is 0. The second kappa shape index (κ2) is 10.9. The van der Waals surface area contributed by atoms with Gasteiger partial charge in [-0.15, -0.1) is 10.2 Å². The molecule has 2 aromatic heterocycles. The van der Waals surface area contributed by atoms with Gasteiger partial charge < -0.3 is 15.0 Å². The SMILES string of the molecule is CC1CC(O)CN(Cc2cc(C(=O)Nc3cccc(C4(c5nncn5C)CC(CC#N)C4)c3)nc3c2CCC3(C)C)C1. The summed E-state index contributed by atoms with van der Waals surface area (Å²) in [5, 5.41) is 31.3. The predicted molar refractivity (Wildman–Crippen MR) is 160 cm³/mol. The van der Waals surface area contributed by atoms with E-state index in [1.54, 1.807) is 6.33 Å². The molecule has 0 spiro atoms. The lowest BCUT2D eigenvalue weighted by Gasteiger charge is -2.46. The van der Waals surface area contributed by atoms with Gasteiger partial charge in [-0.25, -0.2) is 4.98 Å². The van der Waals surface area contributed by atoms with Gasteiger partial charge in [0, 0.05) is 44.2 Å². The van der Waals surface area contributed by atoms with Crippen LogP contribution in [-0.4, -0.2) is 54.9 Å². The molecule has 2 fully saturated rings. The molecular weight excluding hydrogens is 526 g/mol. The fourth-order valence-electron chi connectivity index (χ4n) is 7.63. The molecular formula is C33H41N7O2. The van der Waals surface area contributed by atoms with Crippen LogP contribution in [-0.2, 0) is 30.8 Å². The lowest BCUT2D eigenvalue weighted by molar-refractivity contribution is 0.0407. The molecule has 220 valence electrons. The quantitative estimate of drug-likeness (QED) is 0.431. The number of β-amino-alcohol motifs (C(OH)–C–C–N with tert-alkyl or cyclic N) is 1. The van der Waals surface area contributed by atoms with E-state index >= 15 is 0 Å². The zero-order valence-corrected chi connectivity index (χ0v) is 25.1. The molecule has 2 unspecified atom stereocenters. The Morgan fingerprint density at radius 2 is 2.05 bits per heavy atom. The minimum absolute atomic E-state index is 0.0956. The minimum atomic E-state index is -0.341. The van der Waals surface area contributed by atoms with Gasteiger partial charge in [-0.1, -0.05) is 32.9 Å². The van der Waals surface area contributed by atoms with Gasteiger partial charge in [-0.05, 0) is 78.8 Å². The first kappa shape index (κ1) is 28.5. The van der Waals surface area contributed by atoms with Gasteiger partial charge in [0.1, 0.15) is 17.8 Å². The number of carbonyl (C=O) groups excluding carboxylic acids is 1. The van der Waals surface area contributed by atoms with E-state index in [0.29, 0.717) is 42.7 Å². The molecule has 1 aliphatic heterocycles. The standard InChI is InChI=1S/C33H41N7O2/c1-21-12-26(41)19-40(17-21)18-23-13-28(37-29-27(23)8-10-32(29,2)3)30(42)36-25-7-5-6-24(14-25)33(15-22(16-33)9-11-34)31-38-35-20-39(31)4/h5-7,13-14,20-22,26,41H,8-10,12,15-19H2,1-4H3,(H,36,42). The summed E-state index contributed by atoms with van der Waals surface area (Å²) in [4.78, 5) is 21.0. The van der Waals surface area contributed by atoms with Gasteiger partial charge in [0.2, 0.25) is 0 Å². The summed E-state index contributed by atoms with van der Waals surface area (Å²) in [5.41, 5.74) is 5.18. The van der Waals surface area contributed by atoms with Gasteiger partial charge >= 0.3 is 0 Å². The number of fused-ring (bicyclic) bond motifs is 1. The number of amides is 1. The smallest absolute Gasteiger partial charge is 0.274 e. The summed E-state index contributed by atoms with van der Waals surface area (Å²) in [5.74, 6) is 1.40. The molecule has 1 saturated heterocycles. The van der Waals surface area contributed by atoms with E-state index in [9.17, 15) is 15.2 Å². The Kier molecular flexibility index (Phi) is 7.40. The molecule has 1 amide bonds. The van der Waals surface area contributed by atoms with Crippen LogP contribution >= 0.6 is 0 Å². The molecule has 0 radical (unpaired) electrons. The summed E-state index contributed by atoms with van der Waals surface area (Å²) in [6.07, 6.45) is 6.35.